The monoisotopic (exact) mass is 367 g/mol. The summed E-state index contributed by atoms with van der Waals surface area (Å²) in [7, 11) is 1.49. The van der Waals surface area contributed by atoms with Crippen LogP contribution in [0.15, 0.2) is 48.0 Å². The number of allylic oxidation sites excluding steroid dienone is 1. The van der Waals surface area contributed by atoms with Crippen LogP contribution in [0, 0.1) is 22.6 Å². The van der Waals surface area contributed by atoms with E-state index in [0.717, 1.165) is 0 Å². The standard InChI is InChI=1S/C22H22FNO3/c1-22(2,3)21(25)17(13-24)11-15-9-10-19(20(12-15)26-4)27-14-16-7-5-6-8-18(16)23/h5-12H,14H2,1-4H3/b17-11+. The zero-order valence-electron chi connectivity index (χ0n) is 15.9. The van der Waals surface area contributed by atoms with Gasteiger partial charge in [0, 0.05) is 11.0 Å². The predicted molar refractivity (Wildman–Crippen MR) is 102 cm³/mol. The maximum Gasteiger partial charge on any atom is 0.178 e. The van der Waals surface area contributed by atoms with Crippen LogP contribution in [-0.2, 0) is 11.4 Å². The lowest BCUT2D eigenvalue weighted by Gasteiger charge is -2.15. The number of benzene rings is 2. The molecule has 2 rings (SSSR count). The van der Waals surface area contributed by atoms with E-state index in [4.69, 9.17) is 9.47 Å². The Labute approximate surface area is 158 Å². The van der Waals surface area contributed by atoms with Crippen molar-refractivity contribution in [3.63, 3.8) is 0 Å². The number of carbonyl (C=O) groups excluding carboxylic acids is 1. The fraction of sp³-hybridized carbons (Fsp3) is 0.273. The summed E-state index contributed by atoms with van der Waals surface area (Å²) in [5, 5.41) is 9.31. The van der Waals surface area contributed by atoms with Gasteiger partial charge in [0.1, 0.15) is 18.5 Å². The molecule has 5 heteroatoms. The van der Waals surface area contributed by atoms with Crippen LogP contribution in [0.4, 0.5) is 4.39 Å². The summed E-state index contributed by atoms with van der Waals surface area (Å²) >= 11 is 0. The summed E-state index contributed by atoms with van der Waals surface area (Å²) in [5.74, 6) is 0.304. The van der Waals surface area contributed by atoms with Crippen molar-refractivity contribution < 1.29 is 18.7 Å². The largest absolute Gasteiger partial charge is 0.493 e. The van der Waals surface area contributed by atoms with Gasteiger partial charge in [-0.25, -0.2) is 4.39 Å². The Morgan fingerprint density at radius 2 is 1.89 bits per heavy atom. The number of nitriles is 1. The van der Waals surface area contributed by atoms with Gasteiger partial charge in [-0.2, -0.15) is 5.26 Å². The molecule has 0 bridgehead atoms. The fourth-order valence-corrected chi connectivity index (χ4v) is 2.38. The average Bonchev–Trinajstić information content (AvgIpc) is 2.64. The molecule has 0 amide bonds. The molecule has 0 aliphatic carbocycles. The molecule has 140 valence electrons. The van der Waals surface area contributed by atoms with Gasteiger partial charge in [0.2, 0.25) is 0 Å². The van der Waals surface area contributed by atoms with Gasteiger partial charge in [0.05, 0.1) is 12.7 Å². The molecular weight excluding hydrogens is 345 g/mol. The highest BCUT2D eigenvalue weighted by Crippen LogP contribution is 2.30. The number of Topliss-reactive ketones (excluding diaryl/α,β-unsaturated/α-hetero) is 1. The number of methoxy groups -OCH3 is 1. The smallest absolute Gasteiger partial charge is 0.178 e. The molecule has 0 fully saturated rings. The first-order valence-corrected chi connectivity index (χ1v) is 8.47. The number of ketones is 1. The highest BCUT2D eigenvalue weighted by Gasteiger charge is 2.25. The molecule has 0 radical (unpaired) electrons. The van der Waals surface area contributed by atoms with E-state index >= 15 is 0 Å². The van der Waals surface area contributed by atoms with Crippen molar-refractivity contribution in [3.05, 3.63) is 65.0 Å². The lowest BCUT2D eigenvalue weighted by atomic mass is 9.86. The molecule has 0 aliphatic heterocycles. The third kappa shape index (κ3) is 5.18. The van der Waals surface area contributed by atoms with Crippen molar-refractivity contribution in [2.75, 3.05) is 7.11 Å². The lowest BCUT2D eigenvalue weighted by Crippen LogP contribution is -2.21. The molecule has 0 aromatic heterocycles. The highest BCUT2D eigenvalue weighted by molar-refractivity contribution is 6.06. The molecule has 27 heavy (non-hydrogen) atoms. The summed E-state index contributed by atoms with van der Waals surface area (Å²) < 4.78 is 24.7. The third-order valence-corrected chi connectivity index (χ3v) is 3.89. The van der Waals surface area contributed by atoms with E-state index in [9.17, 15) is 14.4 Å². The molecule has 0 spiro atoms. The number of hydrogen-bond donors (Lipinski definition) is 0. The van der Waals surface area contributed by atoms with Gasteiger partial charge in [-0.15, -0.1) is 0 Å². The van der Waals surface area contributed by atoms with Gasteiger partial charge in [0.15, 0.2) is 17.3 Å². The van der Waals surface area contributed by atoms with Crippen LogP contribution in [0.5, 0.6) is 11.5 Å². The summed E-state index contributed by atoms with van der Waals surface area (Å²) in [6, 6.07) is 13.4. The van der Waals surface area contributed by atoms with Gasteiger partial charge in [-0.05, 0) is 29.8 Å². The summed E-state index contributed by atoms with van der Waals surface area (Å²) in [5.41, 5.74) is 0.504. The maximum absolute atomic E-state index is 13.7. The molecule has 0 heterocycles. The first kappa shape index (κ1) is 20.2. The number of ether oxygens (including phenoxy) is 2. The average molecular weight is 367 g/mol. The molecule has 2 aromatic rings. The maximum atomic E-state index is 13.7. The van der Waals surface area contributed by atoms with Crippen molar-refractivity contribution in [2.24, 2.45) is 5.41 Å². The van der Waals surface area contributed by atoms with E-state index in [2.05, 4.69) is 0 Å². The molecule has 0 unspecified atom stereocenters. The van der Waals surface area contributed by atoms with E-state index in [0.29, 0.717) is 22.6 Å². The van der Waals surface area contributed by atoms with Crippen molar-refractivity contribution in [1.29, 1.82) is 5.26 Å². The zero-order valence-corrected chi connectivity index (χ0v) is 15.9. The van der Waals surface area contributed by atoms with Gasteiger partial charge in [-0.3, -0.25) is 4.79 Å². The van der Waals surface area contributed by atoms with Crippen LogP contribution in [0.25, 0.3) is 6.08 Å². The Hall–Kier alpha value is -3.13. The van der Waals surface area contributed by atoms with Crippen LogP contribution < -0.4 is 9.47 Å². The molecule has 0 aliphatic rings. The second-order valence-corrected chi connectivity index (χ2v) is 7.04. The number of rotatable bonds is 6. The Bertz CT molecular complexity index is 905. The summed E-state index contributed by atoms with van der Waals surface area (Å²) in [6.07, 6.45) is 1.52. The second-order valence-electron chi connectivity index (χ2n) is 7.04. The van der Waals surface area contributed by atoms with Crippen molar-refractivity contribution in [3.8, 4) is 17.6 Å². The van der Waals surface area contributed by atoms with Gasteiger partial charge >= 0.3 is 0 Å². The van der Waals surface area contributed by atoms with Gasteiger partial charge in [-0.1, -0.05) is 45.0 Å². The Balaban J connectivity index is 2.25. The fourth-order valence-electron chi connectivity index (χ4n) is 2.38. The molecule has 4 nitrogen and oxygen atoms in total. The highest BCUT2D eigenvalue weighted by atomic mass is 19.1. The Kier molecular flexibility index (Phi) is 6.36. The minimum absolute atomic E-state index is 0.0597. The molecule has 0 N–H and O–H groups in total. The molecule has 0 atom stereocenters. The number of halogens is 1. The van der Waals surface area contributed by atoms with E-state index < -0.39 is 5.41 Å². The predicted octanol–water partition coefficient (Wildman–Crippen LogP) is 4.94. The van der Waals surface area contributed by atoms with E-state index in [-0.39, 0.29) is 23.8 Å². The van der Waals surface area contributed by atoms with Crippen molar-refractivity contribution in [2.45, 2.75) is 27.4 Å². The number of carbonyl (C=O) groups is 1. The van der Waals surface area contributed by atoms with Gasteiger partial charge < -0.3 is 9.47 Å². The van der Waals surface area contributed by atoms with Crippen LogP contribution in [0.1, 0.15) is 31.9 Å². The Morgan fingerprint density at radius 3 is 2.48 bits per heavy atom. The van der Waals surface area contributed by atoms with E-state index in [1.54, 1.807) is 57.2 Å². The molecule has 2 aromatic carbocycles. The van der Waals surface area contributed by atoms with Crippen LogP contribution >= 0.6 is 0 Å². The van der Waals surface area contributed by atoms with Crippen LogP contribution in [0.2, 0.25) is 0 Å². The first-order chi connectivity index (χ1) is 12.8. The topological polar surface area (TPSA) is 59.3 Å². The Morgan fingerprint density at radius 1 is 1.19 bits per heavy atom. The van der Waals surface area contributed by atoms with Crippen molar-refractivity contribution in [1.82, 2.24) is 0 Å². The SMILES string of the molecule is COc1cc(/C=C(\C#N)C(=O)C(C)(C)C)ccc1OCc1ccccc1F. The molecular formula is C22H22FNO3. The van der Waals surface area contributed by atoms with Crippen LogP contribution in [0.3, 0.4) is 0 Å². The first-order valence-electron chi connectivity index (χ1n) is 8.47. The van der Waals surface area contributed by atoms with E-state index in [1.807, 2.05) is 6.07 Å². The lowest BCUT2D eigenvalue weighted by molar-refractivity contribution is -0.121. The number of nitrogens with zero attached hydrogens (tertiary/aromatic N) is 1. The summed E-state index contributed by atoms with van der Waals surface area (Å²) in [6.45, 7) is 5.35. The normalized spacial score (nSPS) is 11.6. The molecule has 0 saturated heterocycles. The minimum atomic E-state index is -0.644. The van der Waals surface area contributed by atoms with E-state index in [1.165, 1.54) is 19.3 Å². The van der Waals surface area contributed by atoms with Crippen molar-refractivity contribution >= 4 is 11.9 Å². The summed E-state index contributed by atoms with van der Waals surface area (Å²) in [4.78, 5) is 12.3. The van der Waals surface area contributed by atoms with Crippen LogP contribution in [-0.4, -0.2) is 12.9 Å². The minimum Gasteiger partial charge on any atom is -0.493 e. The third-order valence-electron chi connectivity index (χ3n) is 3.89. The second kappa shape index (κ2) is 8.50. The zero-order chi connectivity index (χ0) is 20.0. The molecule has 0 saturated carbocycles. The number of hydrogen-bond acceptors (Lipinski definition) is 4. The van der Waals surface area contributed by atoms with Gasteiger partial charge in [0.25, 0.3) is 0 Å². The quantitative estimate of drug-likeness (QED) is 0.536.